The van der Waals surface area contributed by atoms with Gasteiger partial charge in [0.2, 0.25) is 27.6 Å². The lowest BCUT2D eigenvalue weighted by molar-refractivity contribution is -0.521. The van der Waals surface area contributed by atoms with Gasteiger partial charge in [0.25, 0.3) is 5.66 Å². The van der Waals surface area contributed by atoms with Crippen LogP contribution in [0.3, 0.4) is 0 Å². The third-order valence-electron chi connectivity index (χ3n) is 7.18. The van der Waals surface area contributed by atoms with Crippen molar-refractivity contribution in [2.75, 3.05) is 13.1 Å². The summed E-state index contributed by atoms with van der Waals surface area (Å²) in [5.41, 5.74) is 8.80. The molecule has 1 aromatic carbocycles. The number of hydrogen-bond donors (Lipinski definition) is 7. The van der Waals surface area contributed by atoms with Crippen molar-refractivity contribution < 1.29 is 46.4 Å². The quantitative estimate of drug-likeness (QED) is 0.135. The number of carbonyl (C=O) groups is 2. The number of likely N-dealkylation sites (tertiary alicyclic amines) is 1. The minimum Gasteiger partial charge on any atom is -0.370 e. The van der Waals surface area contributed by atoms with Crippen LogP contribution < -0.4 is 26.5 Å². The summed E-state index contributed by atoms with van der Waals surface area (Å²) in [4.78, 5) is 32.8. The molecule has 4 atom stereocenters. The molecule has 1 spiro atoms. The number of carbonyl (C=O) groups excluding carboxylic acids is 2. The maximum Gasteiger partial charge on any atom is 0.416 e. The predicted molar refractivity (Wildman–Crippen MR) is 121 cm³/mol. The van der Waals surface area contributed by atoms with Crippen LogP contribution in [-0.2, 0) is 25.8 Å². The molecule has 0 aliphatic carbocycles. The lowest BCUT2D eigenvalue weighted by Gasteiger charge is -2.46. The number of guanidine groups is 2. The number of alkyl halides is 3. The largest absolute Gasteiger partial charge is 0.416 e. The van der Waals surface area contributed by atoms with Crippen LogP contribution in [-0.4, -0.2) is 94.8 Å². The molecule has 9 N–H and O–H groups in total. The molecule has 0 unspecified atom stereocenters. The number of amides is 2. The Morgan fingerprint density at radius 3 is 2.50 bits per heavy atom. The van der Waals surface area contributed by atoms with Gasteiger partial charge in [0, 0.05) is 19.4 Å². The van der Waals surface area contributed by atoms with E-state index in [2.05, 4.69) is 20.0 Å². The van der Waals surface area contributed by atoms with Gasteiger partial charge in [-0.2, -0.15) is 13.2 Å². The third kappa shape index (κ3) is 3.77. The molecule has 0 saturated carbocycles. The molecule has 18 heteroatoms. The lowest BCUT2D eigenvalue weighted by atomic mass is 9.85. The Morgan fingerprint density at radius 1 is 1.21 bits per heavy atom. The third-order valence-corrected chi connectivity index (χ3v) is 8.65. The van der Waals surface area contributed by atoms with Crippen LogP contribution >= 0.6 is 0 Å². The van der Waals surface area contributed by atoms with E-state index in [0.29, 0.717) is 12.1 Å². The Labute approximate surface area is 213 Å². The van der Waals surface area contributed by atoms with E-state index in [1.807, 2.05) is 0 Å². The second-order valence-electron chi connectivity index (χ2n) is 9.42. The number of hydrogen-bond acceptors (Lipinski definition) is 11. The van der Waals surface area contributed by atoms with Crippen molar-refractivity contribution >= 4 is 33.8 Å². The maximum absolute atomic E-state index is 13.1. The second kappa shape index (κ2) is 8.26. The highest BCUT2D eigenvalue weighted by Crippen LogP contribution is 2.42. The van der Waals surface area contributed by atoms with Crippen molar-refractivity contribution in [3.8, 4) is 0 Å². The predicted octanol–water partition coefficient (Wildman–Crippen LogP) is -4.74. The number of nitrogens with zero attached hydrogens (tertiary/aromatic N) is 3. The first-order valence-corrected chi connectivity index (χ1v) is 12.8. The van der Waals surface area contributed by atoms with Crippen LogP contribution in [0.5, 0.6) is 0 Å². The molecule has 0 radical (unpaired) electrons. The zero-order valence-corrected chi connectivity index (χ0v) is 20.3. The lowest BCUT2D eigenvalue weighted by Crippen LogP contribution is -2.90. The zero-order valence-electron chi connectivity index (χ0n) is 19.4. The number of nitrogens with two attached hydrogens (primary N) is 2. The molecule has 5 rings (SSSR count). The van der Waals surface area contributed by atoms with Gasteiger partial charge in [-0.1, -0.05) is 6.07 Å². The summed E-state index contributed by atoms with van der Waals surface area (Å²) in [5.74, 6) is -4.30. The first-order chi connectivity index (χ1) is 17.6. The topological polar surface area (TPSA) is 218 Å². The summed E-state index contributed by atoms with van der Waals surface area (Å²) in [6, 6.07) is -0.956. The first-order valence-electron chi connectivity index (χ1n) is 11.3. The summed E-state index contributed by atoms with van der Waals surface area (Å²) in [7, 11) is -4.71. The highest BCUT2D eigenvalue weighted by molar-refractivity contribution is 7.89. The van der Waals surface area contributed by atoms with Gasteiger partial charge in [-0.05, 0) is 18.2 Å². The van der Waals surface area contributed by atoms with Crippen molar-refractivity contribution in [1.82, 2.24) is 19.8 Å². The molecule has 206 valence electrons. The van der Waals surface area contributed by atoms with E-state index in [1.165, 1.54) is 0 Å². The fourth-order valence-electron chi connectivity index (χ4n) is 5.40. The van der Waals surface area contributed by atoms with Gasteiger partial charge in [0.05, 0.1) is 23.0 Å². The monoisotopic (exact) mass is 561 g/mol. The molecule has 4 heterocycles. The first kappa shape index (κ1) is 26.1. The summed E-state index contributed by atoms with van der Waals surface area (Å²) < 4.78 is 67.5. The van der Waals surface area contributed by atoms with Crippen molar-refractivity contribution in [2.45, 2.75) is 53.5 Å². The number of aliphatic imine (C=N–C) groups is 1. The summed E-state index contributed by atoms with van der Waals surface area (Å²) in [6.07, 6.45) is -4.79. The Bertz CT molecular complexity index is 1370. The van der Waals surface area contributed by atoms with Crippen molar-refractivity contribution in [1.29, 1.82) is 0 Å². The fourth-order valence-corrected chi connectivity index (χ4v) is 6.69. The van der Waals surface area contributed by atoms with Gasteiger partial charge in [-0.25, -0.2) is 23.4 Å². The number of benzene rings is 1. The molecule has 0 bridgehead atoms. The molecule has 38 heavy (non-hydrogen) atoms. The normalized spacial score (nSPS) is 30.6. The van der Waals surface area contributed by atoms with Crippen LogP contribution in [0.15, 0.2) is 34.2 Å². The fraction of sp³-hybridized carbons (Fsp3) is 0.500. The highest BCUT2D eigenvalue weighted by atomic mass is 32.2. The SMILES string of the molecule is NC1=N[C@@H](CN2C(=O)CCC2=O)[C@@H]2[NH+]=C(N)N[C@]23N1C[C@H](NS(=O)(=O)c1cccc(C(F)(F)F)c1)C3(O)O. The number of rotatable bonds is 5. The van der Waals surface area contributed by atoms with Gasteiger partial charge in [-0.3, -0.25) is 30.1 Å². The van der Waals surface area contributed by atoms with Crippen LogP contribution in [0.25, 0.3) is 0 Å². The van der Waals surface area contributed by atoms with Crippen LogP contribution in [0, 0.1) is 0 Å². The molecule has 14 nitrogen and oxygen atoms in total. The molecule has 4 aliphatic heterocycles. The van der Waals surface area contributed by atoms with E-state index >= 15 is 0 Å². The van der Waals surface area contributed by atoms with Gasteiger partial charge >= 0.3 is 12.1 Å². The number of sulfonamides is 1. The molecule has 4 aliphatic rings. The van der Waals surface area contributed by atoms with Gasteiger partial charge in [0.15, 0.2) is 12.0 Å². The van der Waals surface area contributed by atoms with Crippen molar-refractivity contribution in [2.24, 2.45) is 16.5 Å². The molecule has 1 aromatic rings. The standard InChI is InChI=1S/C20H23F3N8O6S/c21-20(22,23)9-2-1-3-10(6-9)38(36,37)29-12-8-31-17(25)26-11(7-30-13(32)4-5-14(30)33)15-18(31,19(12,34)35)28-16(24)27-15/h1-3,6,11-12,15,29,34-35H,4-5,7-8H2,(H2,25,26)(H3,24,27,28)/p+1/t11-,12-,15-,18-/m0/s1. The highest BCUT2D eigenvalue weighted by Gasteiger charge is 2.76. The molecule has 2 fully saturated rings. The zero-order chi connectivity index (χ0) is 27.8. The molecule has 0 aromatic heterocycles. The average molecular weight is 562 g/mol. The Kier molecular flexibility index (Phi) is 5.68. The minimum absolute atomic E-state index is 0.00988. The van der Waals surface area contributed by atoms with E-state index in [1.54, 1.807) is 0 Å². The van der Waals surface area contributed by atoms with E-state index in [0.717, 1.165) is 21.9 Å². The van der Waals surface area contributed by atoms with Crippen molar-refractivity contribution in [3.05, 3.63) is 29.8 Å². The van der Waals surface area contributed by atoms with E-state index < -0.39 is 74.6 Å². The summed E-state index contributed by atoms with van der Waals surface area (Å²) in [5, 5.41) is 25.5. The number of nitrogens with one attached hydrogen (secondary N) is 3. The number of imide groups is 1. The van der Waals surface area contributed by atoms with E-state index in [4.69, 9.17) is 11.5 Å². The van der Waals surface area contributed by atoms with Gasteiger partial charge < -0.3 is 15.9 Å². The molecule has 2 saturated heterocycles. The Morgan fingerprint density at radius 2 is 1.87 bits per heavy atom. The van der Waals surface area contributed by atoms with E-state index in [-0.39, 0.29) is 31.3 Å². The van der Waals surface area contributed by atoms with Crippen LogP contribution in [0.1, 0.15) is 18.4 Å². The summed E-state index contributed by atoms with van der Waals surface area (Å²) >= 11 is 0. The Balaban J connectivity index is 1.48. The smallest absolute Gasteiger partial charge is 0.370 e. The second-order valence-corrected chi connectivity index (χ2v) is 11.1. The maximum atomic E-state index is 13.1. The number of halogens is 3. The Hall–Kier alpha value is -3.48. The summed E-state index contributed by atoms with van der Waals surface area (Å²) in [6.45, 7) is -0.745. The molecular weight excluding hydrogens is 537 g/mol. The van der Waals surface area contributed by atoms with Crippen molar-refractivity contribution in [3.63, 3.8) is 0 Å². The van der Waals surface area contributed by atoms with Gasteiger partial charge in [-0.15, -0.1) is 0 Å². The minimum atomic E-state index is -4.81. The molecule has 2 amide bonds. The number of aliphatic hydroxyl groups is 2. The van der Waals surface area contributed by atoms with Gasteiger partial charge in [0.1, 0.15) is 6.04 Å². The average Bonchev–Trinajstić information content (AvgIpc) is 3.41. The van der Waals surface area contributed by atoms with E-state index in [9.17, 15) is 41.4 Å². The molecular formula is C20H24F3N8O6S+. The van der Waals surface area contributed by atoms with Crippen LogP contribution in [0.4, 0.5) is 13.2 Å². The van der Waals surface area contributed by atoms with Crippen LogP contribution in [0.2, 0.25) is 0 Å².